The molecule has 0 spiro atoms. The number of ether oxygens (including phenoxy) is 1. The van der Waals surface area contributed by atoms with Crippen LogP contribution in [0.3, 0.4) is 0 Å². The molecule has 0 radical (unpaired) electrons. The van der Waals surface area contributed by atoms with Crippen molar-refractivity contribution in [3.8, 4) is 5.75 Å². The fourth-order valence-corrected chi connectivity index (χ4v) is 3.76. The van der Waals surface area contributed by atoms with E-state index < -0.39 is 21.5 Å². The van der Waals surface area contributed by atoms with Gasteiger partial charge in [0.1, 0.15) is 4.90 Å². The lowest BCUT2D eigenvalue weighted by Crippen LogP contribution is -2.48. The molecular weight excluding hydrogens is 377 g/mol. The first-order valence-electron chi connectivity index (χ1n) is 6.78. The van der Waals surface area contributed by atoms with E-state index in [1.807, 2.05) is 0 Å². The van der Waals surface area contributed by atoms with E-state index in [1.165, 1.54) is 24.1 Å². The van der Waals surface area contributed by atoms with Crippen molar-refractivity contribution in [1.29, 1.82) is 0 Å². The summed E-state index contributed by atoms with van der Waals surface area (Å²) in [5.74, 6) is -0.479. The smallest absolute Gasteiger partial charge is 0.257 e. The number of nitrogens with zero attached hydrogens (tertiary/aromatic N) is 1. The van der Waals surface area contributed by atoms with E-state index in [0.29, 0.717) is 0 Å². The van der Waals surface area contributed by atoms with Crippen molar-refractivity contribution >= 4 is 39.9 Å². The summed E-state index contributed by atoms with van der Waals surface area (Å²) in [5, 5.41) is 0.113. The van der Waals surface area contributed by atoms with Gasteiger partial charge in [0.2, 0.25) is 10.0 Å². The Morgan fingerprint density at radius 3 is 2.33 bits per heavy atom. The van der Waals surface area contributed by atoms with Crippen molar-refractivity contribution in [3.05, 3.63) is 22.7 Å². The summed E-state index contributed by atoms with van der Waals surface area (Å²) in [6, 6.07) is 2.61. The largest absolute Gasteiger partial charge is 0.494 e. The van der Waals surface area contributed by atoms with Gasteiger partial charge in [-0.15, -0.1) is 12.4 Å². The number of rotatable bonds is 6. The molecule has 1 amide bonds. The molecule has 0 saturated heterocycles. The van der Waals surface area contributed by atoms with Crippen LogP contribution in [0.5, 0.6) is 5.75 Å². The second-order valence-electron chi connectivity index (χ2n) is 5.88. The summed E-state index contributed by atoms with van der Waals surface area (Å²) >= 11 is 6.00. The number of carbonyl (C=O) groups is 1. The van der Waals surface area contributed by atoms with Crippen LogP contribution in [0.2, 0.25) is 5.02 Å². The van der Waals surface area contributed by atoms with Gasteiger partial charge in [0.25, 0.3) is 5.91 Å². The number of nitrogens with two attached hydrogens (primary N) is 1. The van der Waals surface area contributed by atoms with E-state index in [1.54, 1.807) is 27.9 Å². The van der Waals surface area contributed by atoms with Gasteiger partial charge in [0.05, 0.1) is 12.7 Å². The molecule has 0 heterocycles. The van der Waals surface area contributed by atoms with Gasteiger partial charge < -0.3 is 15.4 Å². The van der Waals surface area contributed by atoms with Crippen LogP contribution < -0.4 is 15.2 Å². The second kappa shape index (κ2) is 8.35. The molecule has 0 aliphatic carbocycles. The molecule has 24 heavy (non-hydrogen) atoms. The lowest BCUT2D eigenvalue weighted by molar-refractivity contribution is 0.0824. The summed E-state index contributed by atoms with van der Waals surface area (Å²) in [6.45, 7) is 3.39. The maximum Gasteiger partial charge on any atom is 0.257 e. The van der Waals surface area contributed by atoms with E-state index in [0.717, 1.165) is 0 Å². The van der Waals surface area contributed by atoms with E-state index in [9.17, 15) is 13.2 Å². The zero-order valence-corrected chi connectivity index (χ0v) is 16.6. The Labute approximate surface area is 153 Å². The van der Waals surface area contributed by atoms with E-state index in [2.05, 4.69) is 4.72 Å². The predicted molar refractivity (Wildman–Crippen MR) is 96.7 cm³/mol. The first-order valence-corrected chi connectivity index (χ1v) is 8.64. The third kappa shape index (κ3) is 5.22. The molecule has 0 aliphatic rings. The fourth-order valence-electron chi connectivity index (χ4n) is 1.84. The number of amides is 1. The predicted octanol–water partition coefficient (Wildman–Crippen LogP) is 1.49. The molecule has 0 bridgehead atoms. The molecule has 3 N–H and O–H groups in total. The van der Waals surface area contributed by atoms with Gasteiger partial charge in [-0.2, -0.15) is 0 Å². The normalized spacial score (nSPS) is 11.6. The van der Waals surface area contributed by atoms with Crippen LogP contribution in [0, 0.1) is 0 Å². The highest BCUT2D eigenvalue weighted by molar-refractivity contribution is 7.89. The number of sulfonamides is 1. The number of nitrogens with one attached hydrogen (secondary N) is 1. The number of benzene rings is 1. The van der Waals surface area contributed by atoms with Crippen molar-refractivity contribution in [3.63, 3.8) is 0 Å². The first-order chi connectivity index (χ1) is 10.4. The maximum atomic E-state index is 12.7. The molecule has 10 heteroatoms. The van der Waals surface area contributed by atoms with Gasteiger partial charge >= 0.3 is 0 Å². The van der Waals surface area contributed by atoms with Crippen molar-refractivity contribution in [2.75, 3.05) is 27.7 Å². The van der Waals surface area contributed by atoms with Crippen molar-refractivity contribution < 1.29 is 17.9 Å². The lowest BCUT2D eigenvalue weighted by atomic mass is 10.1. The third-order valence-electron chi connectivity index (χ3n) is 3.07. The Bertz CT molecular complexity index is 706. The first kappa shape index (κ1) is 22.9. The number of methoxy groups -OCH3 is 1. The topological polar surface area (TPSA) is 102 Å². The second-order valence-corrected chi connectivity index (χ2v) is 7.97. The van der Waals surface area contributed by atoms with Gasteiger partial charge in [0, 0.05) is 31.2 Å². The van der Waals surface area contributed by atoms with Crippen molar-refractivity contribution in [2.24, 2.45) is 5.73 Å². The molecule has 138 valence electrons. The fraction of sp³-hybridized carbons (Fsp3) is 0.500. The summed E-state index contributed by atoms with van der Waals surface area (Å²) in [6.07, 6.45) is 0. The van der Waals surface area contributed by atoms with Gasteiger partial charge in [0.15, 0.2) is 5.75 Å². The standard InChI is InChI=1S/C14H22ClN3O4S.ClH/c1-14(2,8-16)17-23(20,21)11-7-9(15)6-10(12(11)22-5)13(19)18(3)4;/h6-7,17H,8,16H2,1-5H3;1H. The average Bonchev–Trinajstić information content (AvgIpc) is 2.44. The molecule has 1 rings (SSSR count). The Kier molecular flexibility index (Phi) is 7.98. The molecule has 7 nitrogen and oxygen atoms in total. The van der Waals surface area contributed by atoms with Gasteiger partial charge in [-0.25, -0.2) is 13.1 Å². The van der Waals surface area contributed by atoms with Gasteiger partial charge in [-0.3, -0.25) is 4.79 Å². The molecule has 0 atom stereocenters. The minimum Gasteiger partial charge on any atom is -0.494 e. The Balaban J connectivity index is 0.00000529. The van der Waals surface area contributed by atoms with Gasteiger partial charge in [-0.1, -0.05) is 11.6 Å². The highest BCUT2D eigenvalue weighted by atomic mass is 35.5. The highest BCUT2D eigenvalue weighted by Gasteiger charge is 2.30. The SMILES string of the molecule is COc1c(C(=O)N(C)C)cc(Cl)cc1S(=O)(=O)NC(C)(C)CN.Cl. The number of halogens is 2. The Hall–Kier alpha value is -1.06. The summed E-state index contributed by atoms with van der Waals surface area (Å²) in [4.78, 5) is 13.3. The average molecular weight is 400 g/mol. The quantitative estimate of drug-likeness (QED) is 0.754. The molecule has 0 saturated carbocycles. The molecule has 1 aromatic rings. The van der Waals surface area contributed by atoms with Crippen LogP contribution in [0.25, 0.3) is 0 Å². The van der Waals surface area contributed by atoms with Crippen LogP contribution in [0.1, 0.15) is 24.2 Å². The minimum absolute atomic E-state index is 0. The highest BCUT2D eigenvalue weighted by Crippen LogP contribution is 2.33. The third-order valence-corrected chi connectivity index (χ3v) is 4.99. The summed E-state index contributed by atoms with van der Waals surface area (Å²) in [5.41, 5.74) is 4.77. The van der Waals surface area contributed by atoms with Crippen LogP contribution in [-0.2, 0) is 10.0 Å². The van der Waals surface area contributed by atoms with E-state index >= 15 is 0 Å². The van der Waals surface area contributed by atoms with Crippen molar-refractivity contribution in [1.82, 2.24) is 9.62 Å². The lowest BCUT2D eigenvalue weighted by Gasteiger charge is -2.25. The van der Waals surface area contributed by atoms with Crippen LogP contribution in [-0.4, -0.2) is 52.5 Å². The molecule has 1 aromatic carbocycles. The van der Waals surface area contributed by atoms with E-state index in [4.69, 9.17) is 22.1 Å². The number of hydrogen-bond donors (Lipinski definition) is 2. The Morgan fingerprint density at radius 2 is 1.92 bits per heavy atom. The number of carbonyl (C=O) groups excluding carboxylic acids is 1. The van der Waals surface area contributed by atoms with Crippen molar-refractivity contribution in [2.45, 2.75) is 24.3 Å². The molecule has 0 aliphatic heterocycles. The monoisotopic (exact) mass is 399 g/mol. The molecule has 0 aromatic heterocycles. The van der Waals surface area contributed by atoms with Crippen LogP contribution in [0.4, 0.5) is 0 Å². The zero-order chi connectivity index (χ0) is 18.0. The van der Waals surface area contributed by atoms with Gasteiger partial charge in [-0.05, 0) is 26.0 Å². The molecular formula is C14H23Cl2N3O4S. The maximum absolute atomic E-state index is 12.7. The van der Waals surface area contributed by atoms with E-state index in [-0.39, 0.29) is 40.2 Å². The van der Waals surface area contributed by atoms with Crippen LogP contribution in [0.15, 0.2) is 17.0 Å². The Morgan fingerprint density at radius 1 is 1.38 bits per heavy atom. The number of hydrogen-bond acceptors (Lipinski definition) is 5. The molecule has 0 fully saturated rings. The minimum atomic E-state index is -3.99. The summed E-state index contributed by atoms with van der Waals surface area (Å²) in [7, 11) is 0.404. The van der Waals surface area contributed by atoms with Crippen LogP contribution >= 0.6 is 24.0 Å². The zero-order valence-electron chi connectivity index (χ0n) is 14.2. The summed E-state index contributed by atoms with van der Waals surface area (Å²) < 4.78 is 33.0. The molecule has 0 unspecified atom stereocenters.